The van der Waals surface area contributed by atoms with Crippen LogP contribution in [-0.2, 0) is 14.3 Å². The molecule has 3 N–H and O–H groups in total. The normalized spacial score (nSPS) is 23.9. The number of ether oxygens (including phenoxy) is 2. The van der Waals surface area contributed by atoms with Gasteiger partial charge in [-0.1, -0.05) is 11.6 Å². The first-order chi connectivity index (χ1) is 13.7. The van der Waals surface area contributed by atoms with E-state index in [9.17, 15) is 14.4 Å². The van der Waals surface area contributed by atoms with Crippen molar-refractivity contribution < 1.29 is 29.0 Å². The number of carbonyl (C=O) groups is 3. The van der Waals surface area contributed by atoms with Crippen molar-refractivity contribution in [2.75, 3.05) is 33.4 Å². The summed E-state index contributed by atoms with van der Waals surface area (Å²) in [5.41, 5.74) is -0.664. The van der Waals surface area contributed by atoms with Crippen LogP contribution in [0.15, 0.2) is 24.3 Å². The van der Waals surface area contributed by atoms with Crippen LogP contribution < -0.4 is 15.4 Å². The predicted octanol–water partition coefficient (Wildman–Crippen LogP) is 1.25. The first-order valence-corrected chi connectivity index (χ1v) is 9.60. The second kappa shape index (κ2) is 8.46. The summed E-state index contributed by atoms with van der Waals surface area (Å²) in [4.78, 5) is 36.5. The van der Waals surface area contributed by atoms with Gasteiger partial charge in [0.15, 0.2) is 6.61 Å². The molecule has 3 aliphatic carbocycles. The van der Waals surface area contributed by atoms with Crippen molar-refractivity contribution in [2.24, 2.45) is 0 Å². The van der Waals surface area contributed by atoms with E-state index in [1.54, 1.807) is 24.3 Å². The van der Waals surface area contributed by atoms with E-state index in [2.05, 4.69) is 10.6 Å². The van der Waals surface area contributed by atoms with Gasteiger partial charge in [-0.3, -0.25) is 14.5 Å². The second-order valence-electron chi connectivity index (χ2n) is 7.63. The molecule has 158 valence electrons. The van der Waals surface area contributed by atoms with Crippen molar-refractivity contribution in [3.05, 3.63) is 29.3 Å². The average Bonchev–Trinajstić information content (AvgIpc) is 2.61. The zero-order chi connectivity index (χ0) is 21.1. The number of methoxy groups -OCH3 is 1. The number of carbonyl (C=O) groups excluding carboxylic acids is 2. The van der Waals surface area contributed by atoms with Gasteiger partial charge in [-0.15, -0.1) is 0 Å². The molecule has 3 aliphatic rings. The van der Waals surface area contributed by atoms with Crippen molar-refractivity contribution in [3.63, 3.8) is 0 Å². The van der Waals surface area contributed by atoms with E-state index in [1.165, 1.54) is 7.11 Å². The van der Waals surface area contributed by atoms with Crippen molar-refractivity contribution in [1.82, 2.24) is 15.5 Å². The lowest BCUT2D eigenvalue weighted by Crippen LogP contribution is -2.84. The smallest absolute Gasteiger partial charge is 0.407 e. The van der Waals surface area contributed by atoms with Gasteiger partial charge in [-0.2, -0.15) is 0 Å². The summed E-state index contributed by atoms with van der Waals surface area (Å²) in [6.07, 6.45) is 0.718. The summed E-state index contributed by atoms with van der Waals surface area (Å²) in [7, 11) is 1.47. The minimum Gasteiger partial charge on any atom is -0.484 e. The molecule has 0 heterocycles. The molecule has 0 atom stereocenters. The molecule has 0 unspecified atom stereocenters. The minimum absolute atomic E-state index is 0.101. The summed E-state index contributed by atoms with van der Waals surface area (Å²) < 4.78 is 10.3. The Kier molecular flexibility index (Phi) is 6.18. The van der Waals surface area contributed by atoms with Crippen LogP contribution in [0.4, 0.5) is 4.79 Å². The van der Waals surface area contributed by atoms with E-state index < -0.39 is 6.09 Å². The van der Waals surface area contributed by atoms with Gasteiger partial charge in [0.25, 0.3) is 5.91 Å². The van der Waals surface area contributed by atoms with Gasteiger partial charge in [0.2, 0.25) is 5.91 Å². The Balaban J connectivity index is 1.38. The minimum atomic E-state index is -1.17. The maximum Gasteiger partial charge on any atom is 0.407 e. The molecule has 10 heteroatoms. The molecular weight excluding hydrogens is 402 g/mol. The van der Waals surface area contributed by atoms with Crippen LogP contribution in [0.3, 0.4) is 0 Å². The van der Waals surface area contributed by atoms with E-state index in [1.807, 2.05) is 0 Å². The molecule has 1 aromatic rings. The van der Waals surface area contributed by atoms with Crippen LogP contribution in [0.1, 0.15) is 19.3 Å². The van der Waals surface area contributed by atoms with E-state index in [4.69, 9.17) is 26.2 Å². The molecule has 3 fully saturated rings. The molecule has 3 saturated carbocycles. The summed E-state index contributed by atoms with van der Waals surface area (Å²) in [6, 6.07) is 6.74. The molecule has 0 spiro atoms. The maximum absolute atomic E-state index is 12.2. The zero-order valence-corrected chi connectivity index (χ0v) is 16.8. The highest BCUT2D eigenvalue weighted by atomic mass is 35.5. The van der Waals surface area contributed by atoms with Crippen molar-refractivity contribution in [2.45, 2.75) is 30.3 Å². The fourth-order valence-electron chi connectivity index (χ4n) is 4.02. The number of halogens is 1. The summed E-state index contributed by atoms with van der Waals surface area (Å²) >= 11 is 5.81. The molecule has 2 bridgehead atoms. The highest BCUT2D eigenvalue weighted by Gasteiger charge is 2.69. The molecule has 9 nitrogen and oxygen atoms in total. The number of nitrogens with zero attached hydrogens (tertiary/aromatic N) is 1. The molecule has 0 saturated heterocycles. The standard InChI is InChI=1S/C19H24ClN3O6/c1-28-7-6-23(17(26)27)8-15(24)21-18-10-19(11-18,12-18)22-16(25)9-29-14-4-2-13(20)3-5-14/h2-5H,6-12H2,1H3,(H,21,24)(H,22,25)(H,26,27). The molecule has 0 radical (unpaired) electrons. The summed E-state index contributed by atoms with van der Waals surface area (Å²) in [5, 5.41) is 15.6. The topological polar surface area (TPSA) is 117 Å². The molecule has 3 amide bonds. The van der Waals surface area contributed by atoms with Crippen molar-refractivity contribution in [1.29, 1.82) is 0 Å². The van der Waals surface area contributed by atoms with Gasteiger partial charge in [0.1, 0.15) is 12.3 Å². The monoisotopic (exact) mass is 425 g/mol. The zero-order valence-electron chi connectivity index (χ0n) is 16.1. The number of carboxylic acid groups (broad SMARTS) is 1. The van der Waals surface area contributed by atoms with Crippen LogP contribution >= 0.6 is 11.6 Å². The number of nitrogens with one attached hydrogen (secondary N) is 2. The van der Waals surface area contributed by atoms with Gasteiger partial charge in [0.05, 0.1) is 6.61 Å². The molecule has 1 aromatic carbocycles. The predicted molar refractivity (Wildman–Crippen MR) is 104 cm³/mol. The van der Waals surface area contributed by atoms with Crippen LogP contribution in [0, 0.1) is 0 Å². The fraction of sp³-hybridized carbons (Fsp3) is 0.526. The van der Waals surface area contributed by atoms with Crippen LogP contribution in [0.5, 0.6) is 5.75 Å². The Hall–Kier alpha value is -2.52. The summed E-state index contributed by atoms with van der Waals surface area (Å²) in [6.45, 7) is 0.00235. The van der Waals surface area contributed by atoms with Crippen molar-refractivity contribution >= 4 is 29.5 Å². The molecule has 4 rings (SSSR count). The number of hydrogen-bond donors (Lipinski definition) is 3. The lowest BCUT2D eigenvalue weighted by atomic mass is 9.44. The van der Waals surface area contributed by atoms with E-state index >= 15 is 0 Å². The Labute approximate surface area is 173 Å². The van der Waals surface area contributed by atoms with Crippen LogP contribution in [0.25, 0.3) is 0 Å². The third kappa shape index (κ3) is 5.10. The van der Waals surface area contributed by atoms with Crippen LogP contribution in [0.2, 0.25) is 5.02 Å². The first kappa shape index (κ1) is 21.2. The third-order valence-electron chi connectivity index (χ3n) is 5.19. The van der Waals surface area contributed by atoms with Crippen LogP contribution in [-0.4, -0.2) is 72.4 Å². The number of rotatable bonds is 10. The highest BCUT2D eigenvalue weighted by molar-refractivity contribution is 6.30. The van der Waals surface area contributed by atoms with Gasteiger partial charge < -0.3 is 25.2 Å². The van der Waals surface area contributed by atoms with Gasteiger partial charge in [-0.05, 0) is 43.5 Å². The molecule has 0 aliphatic heterocycles. The van der Waals surface area contributed by atoms with Gasteiger partial charge in [-0.25, -0.2) is 4.79 Å². The van der Waals surface area contributed by atoms with E-state index in [-0.39, 0.29) is 49.2 Å². The number of amides is 3. The van der Waals surface area contributed by atoms with E-state index in [0.717, 1.165) is 4.90 Å². The molecule has 29 heavy (non-hydrogen) atoms. The van der Waals surface area contributed by atoms with Gasteiger partial charge >= 0.3 is 6.09 Å². The fourth-order valence-corrected chi connectivity index (χ4v) is 4.14. The third-order valence-corrected chi connectivity index (χ3v) is 5.45. The second-order valence-corrected chi connectivity index (χ2v) is 8.06. The van der Waals surface area contributed by atoms with Crippen molar-refractivity contribution in [3.8, 4) is 5.75 Å². The highest BCUT2D eigenvalue weighted by Crippen LogP contribution is 2.60. The van der Waals surface area contributed by atoms with Gasteiger partial charge in [0, 0.05) is 29.8 Å². The largest absolute Gasteiger partial charge is 0.484 e. The molecular formula is C19H24ClN3O6. The average molecular weight is 426 g/mol. The quantitative estimate of drug-likeness (QED) is 0.519. The maximum atomic E-state index is 12.2. The number of benzene rings is 1. The summed E-state index contributed by atoms with van der Waals surface area (Å²) in [5.74, 6) is -0.0206. The van der Waals surface area contributed by atoms with E-state index in [0.29, 0.717) is 30.0 Å². The lowest BCUT2D eigenvalue weighted by molar-refractivity contribution is -0.150. The Morgan fingerprint density at radius 3 is 2.24 bits per heavy atom. The Morgan fingerprint density at radius 1 is 1.10 bits per heavy atom. The Bertz CT molecular complexity index is 765. The SMILES string of the molecule is COCCN(CC(=O)NC12CC(NC(=O)COc3ccc(Cl)cc3)(C1)C2)C(=O)O. The molecule has 0 aromatic heterocycles. The number of hydrogen-bond acceptors (Lipinski definition) is 5. The lowest BCUT2D eigenvalue weighted by Gasteiger charge is -2.70. The Morgan fingerprint density at radius 2 is 1.69 bits per heavy atom. The first-order valence-electron chi connectivity index (χ1n) is 9.22.